The number of hydrogen-bond donors (Lipinski definition) is 1. The molecule has 2 aromatic heterocycles. The zero-order valence-corrected chi connectivity index (χ0v) is 11.4. The Kier molecular flexibility index (Phi) is 3.09. The molecule has 1 aromatic carbocycles. The van der Waals surface area contributed by atoms with Crippen LogP contribution in [0.3, 0.4) is 0 Å². The van der Waals surface area contributed by atoms with Gasteiger partial charge >= 0.3 is 0 Å². The summed E-state index contributed by atoms with van der Waals surface area (Å²) in [6.45, 7) is 2.80. The van der Waals surface area contributed by atoms with Crippen molar-refractivity contribution in [1.29, 1.82) is 0 Å². The molecule has 0 aliphatic carbocycles. The summed E-state index contributed by atoms with van der Waals surface area (Å²) in [5.74, 6) is 0.303. The van der Waals surface area contributed by atoms with E-state index in [2.05, 4.69) is 29.2 Å². The number of thiazole rings is 1. The molecule has 0 aliphatic heterocycles. The summed E-state index contributed by atoms with van der Waals surface area (Å²) in [7, 11) is 0. The summed E-state index contributed by atoms with van der Waals surface area (Å²) in [4.78, 5) is 5.50. The van der Waals surface area contributed by atoms with Crippen molar-refractivity contribution >= 4 is 11.3 Å². The Balaban J connectivity index is 1.81. The lowest BCUT2D eigenvalue weighted by Gasteiger charge is -2.05. The van der Waals surface area contributed by atoms with Crippen molar-refractivity contribution in [3.05, 3.63) is 59.5 Å². The van der Waals surface area contributed by atoms with Gasteiger partial charge in [-0.15, -0.1) is 11.3 Å². The standard InChI is InChI=1S/C15H14N2OS/c1-11-15(19-10-16-11)13-4-2-12(3-5-13)8-17-7-6-14(18)9-17/h2-7,9-10,18H,8H2,1H3. The maximum atomic E-state index is 9.30. The van der Waals surface area contributed by atoms with Crippen molar-refractivity contribution in [3.8, 4) is 16.2 Å². The molecule has 0 unspecified atom stereocenters. The first-order chi connectivity index (χ1) is 9.22. The molecule has 3 nitrogen and oxygen atoms in total. The van der Waals surface area contributed by atoms with Gasteiger partial charge in [0, 0.05) is 18.9 Å². The zero-order valence-electron chi connectivity index (χ0n) is 10.6. The second kappa shape index (κ2) is 4.90. The van der Waals surface area contributed by atoms with Crippen LogP contribution >= 0.6 is 11.3 Å². The van der Waals surface area contributed by atoms with E-state index < -0.39 is 0 Å². The molecule has 3 rings (SSSR count). The Morgan fingerprint density at radius 3 is 2.58 bits per heavy atom. The maximum absolute atomic E-state index is 9.30. The van der Waals surface area contributed by atoms with Gasteiger partial charge in [-0.1, -0.05) is 24.3 Å². The van der Waals surface area contributed by atoms with Gasteiger partial charge in [0.05, 0.1) is 16.1 Å². The largest absolute Gasteiger partial charge is 0.506 e. The van der Waals surface area contributed by atoms with Gasteiger partial charge in [0.1, 0.15) is 5.75 Å². The lowest BCUT2D eigenvalue weighted by Crippen LogP contribution is -1.95. The van der Waals surface area contributed by atoms with Crippen LogP contribution in [0.2, 0.25) is 0 Å². The summed E-state index contributed by atoms with van der Waals surface area (Å²) in [6.07, 6.45) is 3.60. The highest BCUT2D eigenvalue weighted by Gasteiger charge is 2.04. The van der Waals surface area contributed by atoms with E-state index in [1.54, 1.807) is 23.6 Å². The molecule has 19 heavy (non-hydrogen) atoms. The smallest absolute Gasteiger partial charge is 0.133 e. The van der Waals surface area contributed by atoms with Gasteiger partial charge in [-0.2, -0.15) is 0 Å². The van der Waals surface area contributed by atoms with Crippen LogP contribution in [0.4, 0.5) is 0 Å². The molecule has 2 heterocycles. The molecular formula is C15H14N2OS. The highest BCUT2D eigenvalue weighted by atomic mass is 32.1. The van der Waals surface area contributed by atoms with E-state index in [1.165, 1.54) is 16.0 Å². The van der Waals surface area contributed by atoms with E-state index in [0.29, 0.717) is 5.75 Å². The van der Waals surface area contributed by atoms with Gasteiger partial charge in [0.25, 0.3) is 0 Å². The first kappa shape index (κ1) is 12.0. The predicted molar refractivity (Wildman–Crippen MR) is 77.5 cm³/mol. The number of nitrogens with zero attached hydrogens (tertiary/aromatic N) is 2. The molecule has 0 fully saturated rings. The van der Waals surface area contributed by atoms with E-state index in [-0.39, 0.29) is 0 Å². The molecule has 0 saturated heterocycles. The lowest BCUT2D eigenvalue weighted by atomic mass is 10.1. The summed E-state index contributed by atoms with van der Waals surface area (Å²) in [6, 6.07) is 10.2. The molecule has 0 saturated carbocycles. The number of rotatable bonds is 3. The summed E-state index contributed by atoms with van der Waals surface area (Å²) in [5, 5.41) is 9.30. The van der Waals surface area contributed by atoms with Crippen molar-refractivity contribution in [1.82, 2.24) is 9.55 Å². The number of benzene rings is 1. The Labute approximate surface area is 115 Å². The molecule has 0 amide bonds. The van der Waals surface area contributed by atoms with Gasteiger partial charge in [-0.3, -0.25) is 0 Å². The molecule has 0 atom stereocenters. The molecule has 0 bridgehead atoms. The molecule has 96 valence electrons. The van der Waals surface area contributed by atoms with Crippen molar-refractivity contribution in [2.24, 2.45) is 0 Å². The first-order valence-corrected chi connectivity index (χ1v) is 6.94. The maximum Gasteiger partial charge on any atom is 0.133 e. The van der Waals surface area contributed by atoms with Crippen molar-refractivity contribution in [3.63, 3.8) is 0 Å². The first-order valence-electron chi connectivity index (χ1n) is 6.06. The number of hydrogen-bond acceptors (Lipinski definition) is 3. The minimum absolute atomic E-state index is 0.303. The summed E-state index contributed by atoms with van der Waals surface area (Å²) in [5.41, 5.74) is 5.37. The zero-order chi connectivity index (χ0) is 13.2. The monoisotopic (exact) mass is 270 g/mol. The Bertz CT molecular complexity index is 682. The molecule has 1 N–H and O–H groups in total. The SMILES string of the molecule is Cc1ncsc1-c1ccc(Cn2ccc(O)c2)cc1. The summed E-state index contributed by atoms with van der Waals surface area (Å²) >= 11 is 1.67. The fourth-order valence-electron chi connectivity index (χ4n) is 2.08. The average Bonchev–Trinajstić information content (AvgIpc) is 3.00. The van der Waals surface area contributed by atoms with E-state index in [1.807, 2.05) is 23.2 Å². The van der Waals surface area contributed by atoms with Crippen molar-refractivity contribution in [2.75, 3.05) is 0 Å². The van der Waals surface area contributed by atoms with Crippen LogP contribution in [0.1, 0.15) is 11.3 Å². The third-order valence-electron chi connectivity index (χ3n) is 3.06. The van der Waals surface area contributed by atoms with Crippen molar-refractivity contribution in [2.45, 2.75) is 13.5 Å². The second-order valence-corrected chi connectivity index (χ2v) is 5.36. The van der Waals surface area contributed by atoms with Crippen LogP contribution in [0, 0.1) is 6.92 Å². The van der Waals surface area contributed by atoms with Crippen LogP contribution in [-0.2, 0) is 6.54 Å². The van der Waals surface area contributed by atoms with Crippen LogP contribution in [0.15, 0.2) is 48.2 Å². The van der Waals surface area contributed by atoms with Crippen LogP contribution in [0.25, 0.3) is 10.4 Å². The van der Waals surface area contributed by atoms with E-state index in [4.69, 9.17) is 0 Å². The fraction of sp³-hybridized carbons (Fsp3) is 0.133. The van der Waals surface area contributed by atoms with Gasteiger partial charge in [-0.05, 0) is 24.1 Å². The fourth-order valence-corrected chi connectivity index (χ4v) is 2.89. The van der Waals surface area contributed by atoms with E-state index >= 15 is 0 Å². The molecule has 0 aliphatic rings. The minimum Gasteiger partial charge on any atom is -0.506 e. The number of aryl methyl sites for hydroxylation is 1. The second-order valence-electron chi connectivity index (χ2n) is 4.51. The topological polar surface area (TPSA) is 38.0 Å². The quantitative estimate of drug-likeness (QED) is 0.788. The van der Waals surface area contributed by atoms with Gasteiger partial charge < -0.3 is 9.67 Å². The van der Waals surface area contributed by atoms with Gasteiger partial charge in [0.15, 0.2) is 0 Å². The van der Waals surface area contributed by atoms with Crippen LogP contribution < -0.4 is 0 Å². The lowest BCUT2D eigenvalue weighted by molar-refractivity contribution is 0.474. The normalized spacial score (nSPS) is 10.8. The van der Waals surface area contributed by atoms with Crippen LogP contribution in [0.5, 0.6) is 5.75 Å². The molecule has 0 spiro atoms. The van der Waals surface area contributed by atoms with E-state index in [0.717, 1.165) is 12.2 Å². The third-order valence-corrected chi connectivity index (χ3v) is 4.04. The highest BCUT2D eigenvalue weighted by molar-refractivity contribution is 7.13. The van der Waals surface area contributed by atoms with Gasteiger partial charge in [-0.25, -0.2) is 4.98 Å². The molecular weight excluding hydrogens is 256 g/mol. The van der Waals surface area contributed by atoms with Crippen molar-refractivity contribution < 1.29 is 5.11 Å². The Morgan fingerprint density at radius 1 is 1.21 bits per heavy atom. The Hall–Kier alpha value is -2.07. The average molecular weight is 270 g/mol. The minimum atomic E-state index is 0.303. The molecule has 4 heteroatoms. The predicted octanol–water partition coefficient (Wildman–Crippen LogP) is 3.67. The number of aromatic nitrogens is 2. The third kappa shape index (κ3) is 2.53. The number of aromatic hydroxyl groups is 1. The Morgan fingerprint density at radius 2 is 2.00 bits per heavy atom. The van der Waals surface area contributed by atoms with Gasteiger partial charge in [0.2, 0.25) is 0 Å². The summed E-state index contributed by atoms with van der Waals surface area (Å²) < 4.78 is 1.96. The molecule has 3 aromatic rings. The highest BCUT2D eigenvalue weighted by Crippen LogP contribution is 2.27. The molecule has 0 radical (unpaired) electrons. The van der Waals surface area contributed by atoms with E-state index in [9.17, 15) is 5.11 Å². The van der Waals surface area contributed by atoms with Crippen LogP contribution in [-0.4, -0.2) is 14.7 Å².